The van der Waals surface area contributed by atoms with Crippen molar-refractivity contribution in [2.24, 2.45) is 0 Å². The Morgan fingerprint density at radius 1 is 1.07 bits per heavy atom. The van der Waals surface area contributed by atoms with E-state index in [2.05, 4.69) is 26.8 Å². The fourth-order valence-electron chi connectivity index (χ4n) is 2.51. The van der Waals surface area contributed by atoms with Crippen LogP contribution in [0.3, 0.4) is 0 Å². The summed E-state index contributed by atoms with van der Waals surface area (Å²) in [6.45, 7) is 8.80. The maximum Gasteiger partial charge on any atom is 0.341 e. The number of aliphatic hydroxyl groups is 1. The normalized spacial score (nSPS) is 12.1. The minimum Gasteiger partial charge on any atom is -0.507 e. The molecule has 1 unspecified atom stereocenters. The Balaban J connectivity index is 0.000000516. The minimum atomic E-state index is -0.454. The number of phenolic OH excluding ortho intramolecular Hbond substituents is 1. The van der Waals surface area contributed by atoms with Crippen LogP contribution in [0.25, 0.3) is 0 Å². The van der Waals surface area contributed by atoms with Crippen LogP contribution in [-0.4, -0.2) is 28.9 Å². The van der Waals surface area contributed by atoms with Gasteiger partial charge in [0.25, 0.3) is 0 Å². The fraction of sp³-hybridized carbons (Fsp3) is 0.609. The van der Waals surface area contributed by atoms with Gasteiger partial charge in [0.15, 0.2) is 0 Å². The molecule has 0 fully saturated rings. The summed E-state index contributed by atoms with van der Waals surface area (Å²) in [4.78, 5) is 11.4. The Kier molecular flexibility index (Phi) is 15.3. The molecule has 0 radical (unpaired) electrons. The molecule has 0 saturated carbocycles. The van der Waals surface area contributed by atoms with Crippen molar-refractivity contribution in [3.8, 4) is 5.75 Å². The first-order valence-electron chi connectivity index (χ1n) is 10.3. The van der Waals surface area contributed by atoms with Gasteiger partial charge in [-0.3, -0.25) is 0 Å². The molecule has 0 heterocycles. The second-order valence-electron chi connectivity index (χ2n) is 6.73. The van der Waals surface area contributed by atoms with Crippen LogP contribution in [0.2, 0.25) is 0 Å². The number of ether oxygens (including phenoxy) is 1. The number of para-hydroxylation sites is 1. The molecule has 0 saturated heterocycles. The zero-order chi connectivity index (χ0) is 20.5. The highest BCUT2D eigenvalue weighted by Gasteiger charge is 2.10. The van der Waals surface area contributed by atoms with Gasteiger partial charge in [-0.1, -0.05) is 71.1 Å². The zero-order valence-corrected chi connectivity index (χ0v) is 17.5. The van der Waals surface area contributed by atoms with Crippen LogP contribution in [0, 0.1) is 0 Å². The standard InChI is InChI=1S/C12H16O3.C11H22O/c1-2-3-6-9-15-12(14)10-7-4-5-8-11(10)13;1-4-6-7-9-11(12)10(3)8-5-2/h4-5,7-8,13H,2-3,6,9H2,1H3;8,11-12H,4-7,9H2,1-3H3. The number of aromatic hydroxyl groups is 1. The van der Waals surface area contributed by atoms with Crippen LogP contribution in [0.1, 0.15) is 89.4 Å². The number of aliphatic hydroxyl groups excluding tert-OH is 1. The third-order valence-electron chi connectivity index (χ3n) is 4.24. The molecule has 0 aliphatic rings. The van der Waals surface area contributed by atoms with Crippen molar-refractivity contribution in [3.63, 3.8) is 0 Å². The molecule has 0 aromatic heterocycles. The van der Waals surface area contributed by atoms with Crippen molar-refractivity contribution in [1.82, 2.24) is 0 Å². The molecule has 1 aromatic rings. The van der Waals surface area contributed by atoms with Gasteiger partial charge in [-0.05, 0) is 43.9 Å². The molecular weight excluding hydrogens is 340 g/mol. The number of rotatable bonds is 11. The summed E-state index contributed by atoms with van der Waals surface area (Å²) in [6, 6.07) is 6.39. The summed E-state index contributed by atoms with van der Waals surface area (Å²) in [6.07, 6.45) is 10.5. The molecule has 1 atom stereocenters. The Bertz CT molecular complexity index is 537. The highest BCUT2D eigenvalue weighted by Crippen LogP contribution is 2.16. The number of hydrogen-bond acceptors (Lipinski definition) is 4. The number of carbonyl (C=O) groups excluding carboxylic acids is 1. The van der Waals surface area contributed by atoms with Crippen LogP contribution >= 0.6 is 0 Å². The number of benzene rings is 1. The number of allylic oxidation sites excluding steroid dienone is 1. The first-order valence-corrected chi connectivity index (χ1v) is 10.3. The Hall–Kier alpha value is -1.81. The zero-order valence-electron chi connectivity index (χ0n) is 17.5. The van der Waals surface area contributed by atoms with E-state index in [1.165, 1.54) is 18.9 Å². The van der Waals surface area contributed by atoms with E-state index < -0.39 is 5.97 Å². The Morgan fingerprint density at radius 2 is 1.70 bits per heavy atom. The average molecular weight is 379 g/mol. The quantitative estimate of drug-likeness (QED) is 0.280. The lowest BCUT2D eigenvalue weighted by Crippen LogP contribution is -2.07. The monoisotopic (exact) mass is 378 g/mol. The van der Waals surface area contributed by atoms with Gasteiger partial charge in [0.05, 0.1) is 12.7 Å². The summed E-state index contributed by atoms with van der Waals surface area (Å²) in [5.41, 5.74) is 1.36. The van der Waals surface area contributed by atoms with Crippen molar-refractivity contribution < 1.29 is 19.7 Å². The van der Waals surface area contributed by atoms with E-state index >= 15 is 0 Å². The van der Waals surface area contributed by atoms with Gasteiger partial charge in [0, 0.05) is 0 Å². The van der Waals surface area contributed by atoms with Crippen LogP contribution in [0.4, 0.5) is 0 Å². The molecule has 27 heavy (non-hydrogen) atoms. The Labute approximate surface area is 165 Å². The first kappa shape index (κ1) is 25.2. The van der Waals surface area contributed by atoms with E-state index in [9.17, 15) is 15.0 Å². The summed E-state index contributed by atoms with van der Waals surface area (Å²) >= 11 is 0. The van der Waals surface area contributed by atoms with Gasteiger partial charge < -0.3 is 14.9 Å². The van der Waals surface area contributed by atoms with Gasteiger partial charge in [-0.15, -0.1) is 0 Å². The molecule has 0 aliphatic carbocycles. The fourth-order valence-corrected chi connectivity index (χ4v) is 2.51. The van der Waals surface area contributed by atoms with Crippen molar-refractivity contribution in [2.75, 3.05) is 6.61 Å². The van der Waals surface area contributed by atoms with E-state index in [-0.39, 0.29) is 17.4 Å². The lowest BCUT2D eigenvalue weighted by atomic mass is 10.0. The number of phenols is 1. The molecule has 1 aromatic carbocycles. The van der Waals surface area contributed by atoms with Crippen LogP contribution in [0.15, 0.2) is 35.9 Å². The molecule has 2 N–H and O–H groups in total. The molecule has 0 amide bonds. The third kappa shape index (κ3) is 12.2. The van der Waals surface area contributed by atoms with Gasteiger partial charge in [-0.2, -0.15) is 0 Å². The van der Waals surface area contributed by atoms with Crippen molar-refractivity contribution >= 4 is 5.97 Å². The van der Waals surface area contributed by atoms with Crippen LogP contribution < -0.4 is 0 Å². The van der Waals surface area contributed by atoms with Gasteiger partial charge in [0.1, 0.15) is 11.3 Å². The van der Waals surface area contributed by atoms with Gasteiger partial charge in [0.2, 0.25) is 0 Å². The average Bonchev–Trinajstić information content (AvgIpc) is 2.66. The topological polar surface area (TPSA) is 66.8 Å². The first-order chi connectivity index (χ1) is 13.0. The van der Waals surface area contributed by atoms with Crippen LogP contribution in [-0.2, 0) is 4.74 Å². The highest BCUT2D eigenvalue weighted by atomic mass is 16.5. The lowest BCUT2D eigenvalue weighted by molar-refractivity contribution is 0.0495. The minimum absolute atomic E-state index is 0.0296. The summed E-state index contributed by atoms with van der Waals surface area (Å²) in [5.74, 6) is -0.484. The van der Waals surface area contributed by atoms with Crippen molar-refractivity contribution in [2.45, 2.75) is 85.2 Å². The maximum atomic E-state index is 11.4. The molecule has 0 bridgehead atoms. The molecule has 0 spiro atoms. The van der Waals surface area contributed by atoms with E-state index in [1.807, 2.05) is 6.92 Å². The van der Waals surface area contributed by atoms with Crippen molar-refractivity contribution in [3.05, 3.63) is 41.5 Å². The SMILES string of the molecule is CCC=C(C)C(O)CCCCC.CCCCCOC(=O)c1ccccc1O. The van der Waals surface area contributed by atoms with E-state index in [0.717, 1.165) is 44.1 Å². The summed E-state index contributed by atoms with van der Waals surface area (Å²) in [7, 11) is 0. The summed E-state index contributed by atoms with van der Waals surface area (Å²) < 4.78 is 5.01. The highest BCUT2D eigenvalue weighted by molar-refractivity contribution is 5.92. The number of carbonyl (C=O) groups is 1. The molecule has 4 heteroatoms. The largest absolute Gasteiger partial charge is 0.507 e. The number of esters is 1. The van der Waals surface area contributed by atoms with Gasteiger partial charge >= 0.3 is 5.97 Å². The molecule has 1 rings (SSSR count). The number of unbranched alkanes of at least 4 members (excludes halogenated alkanes) is 4. The predicted octanol–water partition coefficient (Wildman–Crippen LogP) is 6.02. The van der Waals surface area contributed by atoms with Crippen molar-refractivity contribution in [1.29, 1.82) is 0 Å². The van der Waals surface area contributed by atoms with E-state index in [4.69, 9.17) is 4.74 Å². The summed E-state index contributed by atoms with van der Waals surface area (Å²) in [5, 5.41) is 19.0. The molecule has 154 valence electrons. The second-order valence-corrected chi connectivity index (χ2v) is 6.73. The molecular formula is C23H38O4. The lowest BCUT2D eigenvalue weighted by Gasteiger charge is -2.10. The second kappa shape index (κ2) is 16.4. The van der Waals surface area contributed by atoms with Gasteiger partial charge in [-0.25, -0.2) is 4.79 Å². The smallest absolute Gasteiger partial charge is 0.341 e. The molecule has 4 nitrogen and oxygen atoms in total. The third-order valence-corrected chi connectivity index (χ3v) is 4.24. The van der Waals surface area contributed by atoms with E-state index in [0.29, 0.717) is 6.61 Å². The Morgan fingerprint density at radius 3 is 2.30 bits per heavy atom. The maximum absolute atomic E-state index is 11.4. The molecule has 0 aliphatic heterocycles. The number of hydrogen-bond donors (Lipinski definition) is 2. The van der Waals surface area contributed by atoms with Crippen LogP contribution in [0.5, 0.6) is 5.75 Å². The predicted molar refractivity (Wildman–Crippen MR) is 112 cm³/mol. The van der Waals surface area contributed by atoms with E-state index in [1.54, 1.807) is 18.2 Å².